The lowest BCUT2D eigenvalue weighted by molar-refractivity contribution is -0.121. The zero-order chi connectivity index (χ0) is 20.9. The maximum Gasteiger partial charge on any atom is 0.274 e. The Kier molecular flexibility index (Phi) is 5.75. The van der Waals surface area contributed by atoms with E-state index in [1.165, 1.54) is 11.1 Å². The third-order valence-corrected chi connectivity index (χ3v) is 5.02. The van der Waals surface area contributed by atoms with Crippen LogP contribution in [0.15, 0.2) is 71.4 Å². The van der Waals surface area contributed by atoms with Crippen LogP contribution in [-0.2, 0) is 24.3 Å². The number of aryl methyl sites for hydroxylation is 2. The first kappa shape index (κ1) is 19.6. The van der Waals surface area contributed by atoms with Gasteiger partial charge in [0, 0.05) is 18.3 Å². The van der Waals surface area contributed by atoms with Gasteiger partial charge in [0.1, 0.15) is 12.2 Å². The van der Waals surface area contributed by atoms with E-state index in [9.17, 15) is 4.79 Å². The maximum atomic E-state index is 12.5. The van der Waals surface area contributed by atoms with Crippen LogP contribution in [-0.4, -0.2) is 20.6 Å². The van der Waals surface area contributed by atoms with E-state index in [1.54, 1.807) is 0 Å². The fourth-order valence-electron chi connectivity index (χ4n) is 3.20. The maximum absolute atomic E-state index is 12.5. The van der Waals surface area contributed by atoms with Gasteiger partial charge in [0.25, 0.3) is 5.89 Å². The normalized spacial score (nSPS) is 10.9. The van der Waals surface area contributed by atoms with Crippen LogP contribution in [0.2, 0.25) is 0 Å². The first-order valence-electron chi connectivity index (χ1n) is 10.0. The Balaban J connectivity index is 1.41. The smallest absolute Gasteiger partial charge is 0.274 e. The van der Waals surface area contributed by atoms with Crippen molar-refractivity contribution in [1.82, 2.24) is 20.0 Å². The summed E-state index contributed by atoms with van der Waals surface area (Å²) in [6.07, 6.45) is 2.84. The molecule has 2 aromatic heterocycles. The molecule has 0 atom stereocenters. The van der Waals surface area contributed by atoms with Gasteiger partial charge in [-0.05, 0) is 36.6 Å². The van der Waals surface area contributed by atoms with Crippen molar-refractivity contribution in [1.29, 1.82) is 0 Å². The molecule has 0 spiro atoms. The number of hydrogen-bond acceptors (Lipinski definition) is 4. The molecular formula is C24H24N4O2. The lowest BCUT2D eigenvalue weighted by Gasteiger charge is -2.08. The molecule has 2 aromatic carbocycles. The average Bonchev–Trinajstić information content (AvgIpc) is 3.42. The lowest BCUT2D eigenvalue weighted by atomic mass is 10.1. The van der Waals surface area contributed by atoms with Gasteiger partial charge in [-0.3, -0.25) is 4.79 Å². The van der Waals surface area contributed by atoms with Crippen molar-refractivity contribution in [3.8, 4) is 23.0 Å². The van der Waals surface area contributed by atoms with Crippen LogP contribution in [0, 0.1) is 6.92 Å². The van der Waals surface area contributed by atoms with E-state index < -0.39 is 0 Å². The van der Waals surface area contributed by atoms with E-state index in [4.69, 9.17) is 4.52 Å². The zero-order valence-corrected chi connectivity index (χ0v) is 17.1. The number of carbonyl (C=O) groups is 1. The number of nitrogens with zero attached hydrogens (tertiary/aromatic N) is 3. The summed E-state index contributed by atoms with van der Waals surface area (Å²) in [4.78, 5) is 17.0. The molecule has 4 rings (SSSR count). The van der Waals surface area contributed by atoms with Crippen LogP contribution in [0.4, 0.5) is 0 Å². The van der Waals surface area contributed by atoms with E-state index in [-0.39, 0.29) is 12.5 Å². The first-order valence-corrected chi connectivity index (χ1v) is 10.0. The van der Waals surface area contributed by atoms with Gasteiger partial charge in [0.05, 0.1) is 0 Å². The molecule has 0 unspecified atom stereocenters. The Labute approximate surface area is 175 Å². The average molecular weight is 400 g/mol. The Hall–Kier alpha value is -3.67. The molecular weight excluding hydrogens is 376 g/mol. The van der Waals surface area contributed by atoms with Crippen molar-refractivity contribution in [2.75, 3.05) is 0 Å². The van der Waals surface area contributed by atoms with Crippen LogP contribution in [0.5, 0.6) is 0 Å². The Morgan fingerprint density at radius 2 is 1.77 bits per heavy atom. The molecule has 30 heavy (non-hydrogen) atoms. The van der Waals surface area contributed by atoms with E-state index in [1.807, 2.05) is 66.2 Å². The van der Waals surface area contributed by atoms with Gasteiger partial charge in [-0.25, -0.2) is 0 Å². The Bertz CT molecular complexity index is 1120. The monoisotopic (exact) mass is 400 g/mol. The van der Waals surface area contributed by atoms with E-state index in [0.717, 1.165) is 17.5 Å². The van der Waals surface area contributed by atoms with Crippen LogP contribution < -0.4 is 5.32 Å². The minimum absolute atomic E-state index is 0.0784. The predicted octanol–water partition coefficient (Wildman–Crippen LogP) is 4.39. The van der Waals surface area contributed by atoms with Crippen molar-refractivity contribution < 1.29 is 9.32 Å². The summed E-state index contributed by atoms with van der Waals surface area (Å²) in [6, 6.07) is 19.9. The van der Waals surface area contributed by atoms with Crippen LogP contribution >= 0.6 is 0 Å². The summed E-state index contributed by atoms with van der Waals surface area (Å²) in [6.45, 7) is 4.83. The molecule has 0 aliphatic heterocycles. The third-order valence-electron chi connectivity index (χ3n) is 5.02. The second kappa shape index (κ2) is 8.78. The molecule has 4 aromatic rings. The summed E-state index contributed by atoms with van der Waals surface area (Å²) in [5.74, 6) is 0.835. The van der Waals surface area contributed by atoms with Gasteiger partial charge in [0.2, 0.25) is 11.7 Å². The standard InChI is InChI=1S/C24H24N4O2/c1-3-18-8-10-19(11-9-18)15-25-22(29)16-28-14-4-5-21(28)24-26-23(27-30-24)20-12-6-17(2)7-13-20/h4-14H,3,15-16H2,1-2H3,(H,25,29). The Morgan fingerprint density at radius 3 is 2.50 bits per heavy atom. The minimum atomic E-state index is -0.0784. The SMILES string of the molecule is CCc1ccc(CNC(=O)Cn2cccc2-c2nc(-c3ccc(C)cc3)no2)cc1. The second-order valence-electron chi connectivity index (χ2n) is 7.26. The molecule has 2 heterocycles. The van der Waals surface area contributed by atoms with Crippen molar-refractivity contribution in [3.63, 3.8) is 0 Å². The molecule has 0 saturated heterocycles. The molecule has 0 aliphatic carbocycles. The van der Waals surface area contributed by atoms with Crippen LogP contribution in [0.25, 0.3) is 23.0 Å². The molecule has 1 N–H and O–H groups in total. The molecule has 0 radical (unpaired) electrons. The predicted molar refractivity (Wildman–Crippen MR) is 116 cm³/mol. The highest BCUT2D eigenvalue weighted by atomic mass is 16.5. The minimum Gasteiger partial charge on any atom is -0.350 e. The fourth-order valence-corrected chi connectivity index (χ4v) is 3.20. The number of benzene rings is 2. The number of carbonyl (C=O) groups excluding carboxylic acids is 1. The van der Waals surface area contributed by atoms with Gasteiger partial charge in [-0.2, -0.15) is 4.98 Å². The quantitative estimate of drug-likeness (QED) is 0.499. The van der Waals surface area contributed by atoms with Crippen molar-refractivity contribution in [3.05, 3.63) is 83.6 Å². The van der Waals surface area contributed by atoms with E-state index >= 15 is 0 Å². The fraction of sp³-hybridized carbons (Fsp3) is 0.208. The molecule has 6 heteroatoms. The topological polar surface area (TPSA) is 73.0 Å². The third kappa shape index (κ3) is 4.49. The lowest BCUT2D eigenvalue weighted by Crippen LogP contribution is -2.27. The summed E-state index contributed by atoms with van der Waals surface area (Å²) in [5.41, 5.74) is 5.13. The van der Waals surface area contributed by atoms with Crippen LogP contribution in [0.1, 0.15) is 23.6 Å². The summed E-state index contributed by atoms with van der Waals surface area (Å²) in [5, 5.41) is 7.05. The van der Waals surface area contributed by atoms with Crippen molar-refractivity contribution in [2.24, 2.45) is 0 Å². The van der Waals surface area contributed by atoms with Gasteiger partial charge in [0.15, 0.2) is 0 Å². The van der Waals surface area contributed by atoms with Crippen molar-refractivity contribution >= 4 is 5.91 Å². The molecule has 0 aliphatic rings. The van der Waals surface area contributed by atoms with Gasteiger partial charge in [-0.1, -0.05) is 66.2 Å². The number of rotatable bonds is 7. The molecule has 1 amide bonds. The van der Waals surface area contributed by atoms with Crippen LogP contribution in [0.3, 0.4) is 0 Å². The second-order valence-corrected chi connectivity index (χ2v) is 7.26. The Morgan fingerprint density at radius 1 is 1.03 bits per heavy atom. The molecule has 0 bridgehead atoms. The first-order chi connectivity index (χ1) is 14.6. The van der Waals surface area contributed by atoms with Crippen molar-refractivity contribution in [2.45, 2.75) is 33.4 Å². The summed E-state index contributed by atoms with van der Waals surface area (Å²) in [7, 11) is 0. The molecule has 0 fully saturated rings. The number of aromatic nitrogens is 3. The van der Waals surface area contributed by atoms with E-state index in [2.05, 4.69) is 34.5 Å². The number of nitrogens with one attached hydrogen (secondary N) is 1. The van der Waals surface area contributed by atoms with Gasteiger partial charge >= 0.3 is 0 Å². The highest BCUT2D eigenvalue weighted by molar-refractivity contribution is 5.76. The largest absolute Gasteiger partial charge is 0.350 e. The zero-order valence-electron chi connectivity index (χ0n) is 17.1. The molecule has 6 nitrogen and oxygen atoms in total. The number of amides is 1. The molecule has 0 saturated carbocycles. The van der Waals surface area contributed by atoms with Gasteiger partial charge in [-0.15, -0.1) is 0 Å². The highest BCUT2D eigenvalue weighted by Crippen LogP contribution is 2.23. The number of hydrogen-bond donors (Lipinski definition) is 1. The summed E-state index contributed by atoms with van der Waals surface area (Å²) >= 11 is 0. The van der Waals surface area contributed by atoms with E-state index in [0.29, 0.717) is 24.0 Å². The van der Waals surface area contributed by atoms with Gasteiger partial charge < -0.3 is 14.4 Å². The molecule has 152 valence electrons. The summed E-state index contributed by atoms with van der Waals surface area (Å²) < 4.78 is 7.26. The highest BCUT2D eigenvalue weighted by Gasteiger charge is 2.15.